The third-order valence-corrected chi connectivity index (χ3v) is 6.68. The van der Waals surface area contributed by atoms with Gasteiger partial charge >= 0.3 is 5.30 Å². The van der Waals surface area contributed by atoms with E-state index < -0.39 is 10.0 Å². The average Bonchev–Trinajstić information content (AvgIpc) is 2.60. The molecule has 2 nitrogen and oxygen atoms in total. The van der Waals surface area contributed by atoms with Gasteiger partial charge in [-0.2, -0.15) is 0 Å². The third kappa shape index (κ3) is 3.70. The zero-order valence-corrected chi connectivity index (χ0v) is 15.7. The largest absolute Gasteiger partial charge is 0.473 e. The van der Waals surface area contributed by atoms with Crippen LogP contribution >= 0.6 is 11.8 Å². The fourth-order valence-electron chi connectivity index (χ4n) is 4.14. The van der Waals surface area contributed by atoms with Gasteiger partial charge in [0.25, 0.3) is 0 Å². The first kappa shape index (κ1) is 18.7. The molecule has 0 saturated carbocycles. The summed E-state index contributed by atoms with van der Waals surface area (Å²) in [5.41, 5.74) is 2.10. The highest BCUT2D eigenvalue weighted by molar-refractivity contribution is 8.14. The summed E-state index contributed by atoms with van der Waals surface area (Å²) in [5.74, 6) is -0.0768. The van der Waals surface area contributed by atoms with Crippen molar-refractivity contribution in [2.45, 2.75) is 30.9 Å². The van der Waals surface area contributed by atoms with Crippen LogP contribution in [0.2, 0.25) is 0 Å². The van der Waals surface area contributed by atoms with E-state index in [-0.39, 0.29) is 23.6 Å². The van der Waals surface area contributed by atoms with Gasteiger partial charge in [0.05, 0.1) is 0 Å². The normalized spacial score (nSPS) is 28.0. The number of thioether (sulfide) groups is 1. The summed E-state index contributed by atoms with van der Waals surface area (Å²) in [4.78, 5) is 11.8. The van der Waals surface area contributed by atoms with Crippen molar-refractivity contribution in [3.63, 3.8) is 0 Å². The quantitative estimate of drug-likeness (QED) is 0.656. The van der Waals surface area contributed by atoms with Crippen molar-refractivity contribution in [3.05, 3.63) is 83.7 Å². The number of hydrogen-bond acceptors (Lipinski definition) is 2. The predicted molar refractivity (Wildman–Crippen MR) is 105 cm³/mol. The first-order valence-electron chi connectivity index (χ1n) is 8.82. The second kappa shape index (κ2) is 7.67. The van der Waals surface area contributed by atoms with Crippen LogP contribution in [0.3, 0.4) is 0 Å². The Labute approximate surface area is 158 Å². The molecule has 2 aromatic rings. The molecule has 4 unspecified atom stereocenters. The molecule has 0 aromatic heterocycles. The van der Waals surface area contributed by atoms with Crippen LogP contribution in [0.25, 0.3) is 0 Å². The summed E-state index contributed by atoms with van der Waals surface area (Å²) >= 11 is 1.01. The highest BCUT2D eigenvalue weighted by Crippen LogP contribution is 2.54. The second-order valence-electron chi connectivity index (χ2n) is 7.05. The molecule has 2 aromatic carbocycles. The number of halogens is 1. The summed E-state index contributed by atoms with van der Waals surface area (Å²) < 4.78 is 12.9. The van der Waals surface area contributed by atoms with Gasteiger partial charge in [0.1, 0.15) is 5.82 Å². The lowest BCUT2D eigenvalue weighted by molar-refractivity contribution is 0.220. The summed E-state index contributed by atoms with van der Waals surface area (Å²) in [6, 6.07) is 16.5. The second-order valence-corrected chi connectivity index (χ2v) is 8.36. The molecule has 0 fully saturated rings. The molecule has 4 heteroatoms. The van der Waals surface area contributed by atoms with Crippen LogP contribution in [0.15, 0.2) is 66.7 Å². The lowest BCUT2D eigenvalue weighted by Crippen LogP contribution is -2.46. The Morgan fingerprint density at radius 2 is 1.73 bits per heavy atom. The zero-order chi connectivity index (χ0) is 18.7. The van der Waals surface area contributed by atoms with E-state index in [4.69, 9.17) is 0 Å². The maximum atomic E-state index is 13.5. The Balaban J connectivity index is 2.13. The topological polar surface area (TPSA) is 37.3 Å². The molecule has 0 bridgehead atoms. The van der Waals surface area contributed by atoms with Crippen molar-refractivity contribution in [2.24, 2.45) is 11.8 Å². The highest BCUT2D eigenvalue weighted by Gasteiger charge is 2.49. The molecule has 0 aliphatic heterocycles. The number of carboxylic acid groups (broad SMARTS) is 1. The van der Waals surface area contributed by atoms with Gasteiger partial charge in [0, 0.05) is 10.7 Å². The molecular formula is C22H23FO2S. The van der Waals surface area contributed by atoms with Crippen LogP contribution < -0.4 is 0 Å². The standard InChI is InChI=1S/C22H23FO2S/c1-15-8-9-16(2)22(26-21(24)25,14-17-6-4-3-5-7-17)20(15)18-10-12-19(23)13-11-18/h3-13,15-16,20H,14H2,1-2H3,(H,24,25). The molecule has 0 saturated heterocycles. The lowest BCUT2D eigenvalue weighted by Gasteiger charge is -2.48. The number of allylic oxidation sites excluding steroid dienone is 2. The van der Waals surface area contributed by atoms with E-state index in [1.54, 1.807) is 12.1 Å². The fraction of sp³-hybridized carbons (Fsp3) is 0.318. The summed E-state index contributed by atoms with van der Waals surface area (Å²) in [6.45, 7) is 4.19. The monoisotopic (exact) mass is 370 g/mol. The summed E-state index contributed by atoms with van der Waals surface area (Å²) in [7, 11) is 0. The fourth-order valence-corrected chi connectivity index (χ4v) is 5.45. The number of benzene rings is 2. The van der Waals surface area contributed by atoms with Gasteiger partial charge in [-0.1, -0.05) is 68.5 Å². The first-order chi connectivity index (χ1) is 12.4. The maximum absolute atomic E-state index is 13.5. The van der Waals surface area contributed by atoms with Gasteiger partial charge in [0.2, 0.25) is 0 Å². The highest BCUT2D eigenvalue weighted by atomic mass is 32.2. The Hall–Kier alpha value is -2.07. The molecular weight excluding hydrogens is 347 g/mol. The zero-order valence-electron chi connectivity index (χ0n) is 14.9. The molecule has 0 amide bonds. The van der Waals surface area contributed by atoms with Crippen LogP contribution in [0.4, 0.5) is 9.18 Å². The van der Waals surface area contributed by atoms with Crippen molar-refractivity contribution in [1.29, 1.82) is 0 Å². The molecule has 0 spiro atoms. The van der Waals surface area contributed by atoms with Crippen molar-refractivity contribution in [1.82, 2.24) is 0 Å². The van der Waals surface area contributed by atoms with Crippen LogP contribution in [0, 0.1) is 17.7 Å². The Morgan fingerprint density at radius 3 is 2.35 bits per heavy atom. The van der Waals surface area contributed by atoms with Gasteiger partial charge < -0.3 is 5.11 Å². The molecule has 1 N–H and O–H groups in total. The van der Waals surface area contributed by atoms with E-state index in [9.17, 15) is 14.3 Å². The number of hydrogen-bond donors (Lipinski definition) is 1. The minimum Gasteiger partial charge on any atom is -0.473 e. The van der Waals surface area contributed by atoms with E-state index in [0.29, 0.717) is 6.42 Å². The van der Waals surface area contributed by atoms with Crippen molar-refractivity contribution in [2.75, 3.05) is 0 Å². The minimum absolute atomic E-state index is 0.0237. The maximum Gasteiger partial charge on any atom is 0.365 e. The summed E-state index contributed by atoms with van der Waals surface area (Å²) in [6.07, 6.45) is 4.93. The average molecular weight is 370 g/mol. The minimum atomic E-state index is -0.873. The molecule has 4 atom stereocenters. The molecule has 1 aliphatic carbocycles. The first-order valence-corrected chi connectivity index (χ1v) is 9.63. The molecule has 26 heavy (non-hydrogen) atoms. The van der Waals surface area contributed by atoms with Crippen molar-refractivity contribution >= 4 is 17.1 Å². The van der Waals surface area contributed by atoms with Crippen LogP contribution in [0.5, 0.6) is 0 Å². The van der Waals surface area contributed by atoms with Gasteiger partial charge in [0.15, 0.2) is 0 Å². The molecule has 3 rings (SSSR count). The predicted octanol–water partition coefficient (Wildman–Crippen LogP) is 6.14. The molecule has 136 valence electrons. The van der Waals surface area contributed by atoms with Gasteiger partial charge in [-0.05, 0) is 53.3 Å². The molecule has 0 heterocycles. The van der Waals surface area contributed by atoms with E-state index in [1.807, 2.05) is 30.3 Å². The number of carbonyl (C=O) groups is 1. The molecule has 0 radical (unpaired) electrons. The Kier molecular flexibility index (Phi) is 5.52. The Morgan fingerprint density at radius 1 is 1.08 bits per heavy atom. The van der Waals surface area contributed by atoms with Gasteiger partial charge in [-0.3, -0.25) is 0 Å². The molecule has 1 aliphatic rings. The SMILES string of the molecule is CC1C=CC(C)C(Cc2ccccc2)(SC(=O)O)C1c1ccc(F)cc1. The van der Waals surface area contributed by atoms with Crippen molar-refractivity contribution in [3.8, 4) is 0 Å². The van der Waals surface area contributed by atoms with Crippen LogP contribution in [0.1, 0.15) is 30.9 Å². The van der Waals surface area contributed by atoms with E-state index in [1.165, 1.54) is 12.1 Å². The smallest absolute Gasteiger partial charge is 0.365 e. The number of rotatable bonds is 4. The van der Waals surface area contributed by atoms with Gasteiger partial charge in [-0.15, -0.1) is 0 Å². The van der Waals surface area contributed by atoms with Crippen LogP contribution in [-0.4, -0.2) is 15.2 Å². The van der Waals surface area contributed by atoms with Crippen LogP contribution in [-0.2, 0) is 6.42 Å². The van der Waals surface area contributed by atoms with Gasteiger partial charge in [-0.25, -0.2) is 9.18 Å². The Bertz CT molecular complexity index is 788. The summed E-state index contributed by atoms with van der Waals surface area (Å²) in [5, 5.41) is 8.83. The van der Waals surface area contributed by atoms with E-state index in [0.717, 1.165) is 22.9 Å². The third-order valence-electron chi connectivity index (χ3n) is 5.36. The van der Waals surface area contributed by atoms with E-state index >= 15 is 0 Å². The van der Waals surface area contributed by atoms with E-state index in [2.05, 4.69) is 26.0 Å². The lowest BCUT2D eigenvalue weighted by atomic mass is 9.66. The van der Waals surface area contributed by atoms with Crippen molar-refractivity contribution < 1.29 is 14.3 Å².